The number of benzene rings is 1. The number of rotatable bonds is 5. The second kappa shape index (κ2) is 7.65. The Morgan fingerprint density at radius 1 is 1.25 bits per heavy atom. The topological polar surface area (TPSA) is 92.0 Å². The summed E-state index contributed by atoms with van der Waals surface area (Å²) in [4.78, 5) is 25.1. The highest BCUT2D eigenvalue weighted by atomic mass is 16.5. The van der Waals surface area contributed by atoms with Crippen molar-refractivity contribution in [2.45, 2.75) is 26.8 Å². The van der Waals surface area contributed by atoms with Gasteiger partial charge in [0, 0.05) is 5.69 Å². The summed E-state index contributed by atoms with van der Waals surface area (Å²) in [6, 6.07) is 8.73. The number of hydrogen-bond acceptors (Lipinski definition) is 5. The predicted octanol–water partition coefficient (Wildman–Crippen LogP) is 3.43. The zero-order valence-electron chi connectivity index (χ0n) is 13.8. The van der Waals surface area contributed by atoms with Crippen molar-refractivity contribution in [3.63, 3.8) is 0 Å². The van der Waals surface area contributed by atoms with Crippen LogP contribution in [0.25, 0.3) is 0 Å². The maximum absolute atomic E-state index is 12.1. The van der Waals surface area contributed by atoms with Crippen molar-refractivity contribution in [1.29, 1.82) is 0 Å². The third kappa shape index (κ3) is 3.75. The Morgan fingerprint density at radius 2 is 1.92 bits per heavy atom. The summed E-state index contributed by atoms with van der Waals surface area (Å²) >= 11 is 0. The molecule has 2 rings (SSSR count). The molecule has 0 aliphatic carbocycles. The summed E-state index contributed by atoms with van der Waals surface area (Å²) < 4.78 is 10.5. The Bertz CT molecular complexity index is 708. The molecular formula is C17H20N2O5. The number of carbonyl (C=O) groups is 2. The van der Waals surface area contributed by atoms with Crippen LogP contribution in [0.1, 0.15) is 41.8 Å². The van der Waals surface area contributed by atoms with E-state index in [1.54, 1.807) is 62.6 Å². The van der Waals surface area contributed by atoms with Crippen LogP contribution in [0.4, 0.5) is 10.5 Å². The molecule has 1 unspecified atom stereocenters. The maximum atomic E-state index is 12.1. The van der Waals surface area contributed by atoms with E-state index >= 15 is 0 Å². The molecule has 7 heteroatoms. The second-order valence-electron chi connectivity index (χ2n) is 5.18. The number of anilines is 1. The van der Waals surface area contributed by atoms with Crippen LogP contribution in [0.5, 0.6) is 0 Å². The average molecular weight is 332 g/mol. The molecule has 7 nitrogen and oxygen atoms in total. The standard InChI is InChI=1S/C17H20N2O5/c1-4-23-16(20)13-6-8-14(9-7-13)19(17(21)18-22)12(3)15-10-5-11(2)24-15/h5-10,12,22H,4H2,1-3H3,(H,18,21). The van der Waals surface area contributed by atoms with Gasteiger partial charge in [-0.05, 0) is 57.2 Å². The van der Waals surface area contributed by atoms with Gasteiger partial charge in [0.05, 0.1) is 18.2 Å². The number of aryl methyl sites for hydroxylation is 1. The number of hydroxylamine groups is 1. The molecule has 0 bridgehead atoms. The van der Waals surface area contributed by atoms with Gasteiger partial charge in [-0.1, -0.05) is 0 Å². The van der Waals surface area contributed by atoms with Gasteiger partial charge in [-0.25, -0.2) is 15.1 Å². The fourth-order valence-corrected chi connectivity index (χ4v) is 2.35. The first-order valence-electron chi connectivity index (χ1n) is 7.54. The van der Waals surface area contributed by atoms with E-state index < -0.39 is 18.0 Å². The summed E-state index contributed by atoms with van der Waals surface area (Å²) in [7, 11) is 0. The normalized spacial score (nSPS) is 11.7. The van der Waals surface area contributed by atoms with E-state index in [-0.39, 0.29) is 6.61 Å². The van der Waals surface area contributed by atoms with Crippen LogP contribution >= 0.6 is 0 Å². The van der Waals surface area contributed by atoms with Crippen molar-refractivity contribution in [3.05, 3.63) is 53.5 Å². The minimum Gasteiger partial charge on any atom is -0.464 e. The Labute approximate surface area is 139 Å². The Hall–Kier alpha value is -2.80. The van der Waals surface area contributed by atoms with Crippen molar-refractivity contribution < 1.29 is 24.0 Å². The number of hydrogen-bond donors (Lipinski definition) is 2. The van der Waals surface area contributed by atoms with E-state index in [1.807, 2.05) is 0 Å². The van der Waals surface area contributed by atoms with Gasteiger partial charge in [-0.3, -0.25) is 10.1 Å². The summed E-state index contributed by atoms with van der Waals surface area (Å²) in [5, 5.41) is 9.03. The van der Waals surface area contributed by atoms with E-state index in [4.69, 9.17) is 14.4 Å². The molecular weight excluding hydrogens is 312 g/mol. The maximum Gasteiger partial charge on any atom is 0.346 e. The average Bonchev–Trinajstić information content (AvgIpc) is 3.02. The summed E-state index contributed by atoms with van der Waals surface area (Å²) in [6.07, 6.45) is 0. The molecule has 0 aliphatic heterocycles. The molecule has 1 heterocycles. The molecule has 1 aromatic carbocycles. The fourth-order valence-electron chi connectivity index (χ4n) is 2.35. The Morgan fingerprint density at radius 3 is 2.42 bits per heavy atom. The van der Waals surface area contributed by atoms with Crippen molar-refractivity contribution in [2.75, 3.05) is 11.5 Å². The minimum atomic E-state index is -0.708. The Balaban J connectivity index is 2.31. The second-order valence-corrected chi connectivity index (χ2v) is 5.18. The van der Waals surface area contributed by atoms with Crippen molar-refractivity contribution in [2.24, 2.45) is 0 Å². The van der Waals surface area contributed by atoms with Crippen molar-refractivity contribution in [1.82, 2.24) is 5.48 Å². The minimum absolute atomic E-state index is 0.286. The summed E-state index contributed by atoms with van der Waals surface area (Å²) in [5.41, 5.74) is 2.51. The lowest BCUT2D eigenvalue weighted by molar-refractivity contribution is 0.0526. The molecule has 128 valence electrons. The molecule has 0 saturated carbocycles. The van der Waals surface area contributed by atoms with E-state index in [0.717, 1.165) is 5.76 Å². The van der Waals surface area contributed by atoms with Gasteiger partial charge in [-0.15, -0.1) is 0 Å². The van der Waals surface area contributed by atoms with Gasteiger partial charge in [-0.2, -0.15) is 0 Å². The largest absolute Gasteiger partial charge is 0.464 e. The van der Waals surface area contributed by atoms with E-state index in [2.05, 4.69) is 0 Å². The summed E-state index contributed by atoms with van der Waals surface area (Å²) in [6.45, 7) is 5.59. The number of ether oxygens (including phenoxy) is 1. The molecule has 1 aromatic heterocycles. The van der Waals surface area contributed by atoms with Crippen molar-refractivity contribution in [3.8, 4) is 0 Å². The Kier molecular flexibility index (Phi) is 5.59. The van der Waals surface area contributed by atoms with Gasteiger partial charge in [0.15, 0.2) is 0 Å². The summed E-state index contributed by atoms with van der Waals surface area (Å²) in [5.74, 6) is 0.862. The molecule has 0 spiro atoms. The zero-order chi connectivity index (χ0) is 17.7. The smallest absolute Gasteiger partial charge is 0.346 e. The van der Waals surface area contributed by atoms with Gasteiger partial charge in [0.25, 0.3) is 0 Å². The lowest BCUT2D eigenvalue weighted by atomic mass is 10.1. The van der Waals surface area contributed by atoms with Crippen molar-refractivity contribution >= 4 is 17.7 Å². The third-order valence-corrected chi connectivity index (χ3v) is 3.53. The first-order chi connectivity index (χ1) is 11.5. The van der Waals surface area contributed by atoms with Gasteiger partial charge in [0.1, 0.15) is 11.5 Å². The highest BCUT2D eigenvalue weighted by molar-refractivity contribution is 5.93. The number of carbonyl (C=O) groups excluding carboxylic acids is 2. The van der Waals surface area contributed by atoms with Crippen LogP contribution in [0.3, 0.4) is 0 Å². The van der Waals surface area contributed by atoms with Gasteiger partial charge in [0.2, 0.25) is 0 Å². The first kappa shape index (κ1) is 17.6. The lowest BCUT2D eigenvalue weighted by Gasteiger charge is -2.27. The number of furan rings is 1. The zero-order valence-corrected chi connectivity index (χ0v) is 13.8. The number of urea groups is 1. The molecule has 2 N–H and O–H groups in total. The van der Waals surface area contributed by atoms with E-state index in [0.29, 0.717) is 17.0 Å². The highest BCUT2D eigenvalue weighted by Crippen LogP contribution is 2.28. The molecule has 0 radical (unpaired) electrons. The SMILES string of the molecule is CCOC(=O)c1ccc(N(C(=O)NO)C(C)c2ccc(C)o2)cc1. The van der Waals surface area contributed by atoms with Crippen LogP contribution in [0, 0.1) is 6.92 Å². The van der Waals surface area contributed by atoms with Crippen LogP contribution in [-0.4, -0.2) is 23.8 Å². The van der Waals surface area contributed by atoms with Gasteiger partial charge < -0.3 is 9.15 Å². The predicted molar refractivity (Wildman–Crippen MR) is 87.1 cm³/mol. The monoisotopic (exact) mass is 332 g/mol. The number of esters is 1. The molecule has 2 amide bonds. The molecule has 1 atom stereocenters. The van der Waals surface area contributed by atoms with Crippen LogP contribution in [-0.2, 0) is 4.74 Å². The number of nitrogens with one attached hydrogen (secondary N) is 1. The van der Waals surface area contributed by atoms with Crippen LogP contribution < -0.4 is 10.4 Å². The molecule has 0 aliphatic rings. The number of nitrogens with zero attached hydrogens (tertiary/aromatic N) is 1. The molecule has 0 saturated heterocycles. The molecule has 0 fully saturated rings. The molecule has 24 heavy (non-hydrogen) atoms. The molecule has 2 aromatic rings. The van der Waals surface area contributed by atoms with Crippen LogP contribution in [0.2, 0.25) is 0 Å². The highest BCUT2D eigenvalue weighted by Gasteiger charge is 2.25. The number of amides is 2. The first-order valence-corrected chi connectivity index (χ1v) is 7.54. The fraction of sp³-hybridized carbons (Fsp3) is 0.294. The lowest BCUT2D eigenvalue weighted by Crippen LogP contribution is -2.40. The van der Waals surface area contributed by atoms with E-state index in [9.17, 15) is 9.59 Å². The third-order valence-electron chi connectivity index (χ3n) is 3.53. The van der Waals surface area contributed by atoms with Gasteiger partial charge >= 0.3 is 12.0 Å². The quantitative estimate of drug-likeness (QED) is 0.497. The van der Waals surface area contributed by atoms with E-state index in [1.165, 1.54) is 4.90 Å². The van der Waals surface area contributed by atoms with Crippen LogP contribution in [0.15, 0.2) is 40.8 Å².